The Morgan fingerprint density at radius 3 is 2.71 bits per heavy atom. The van der Waals surface area contributed by atoms with Gasteiger partial charge in [-0.2, -0.15) is 0 Å². The van der Waals surface area contributed by atoms with Gasteiger partial charge >= 0.3 is 0 Å². The molecule has 1 aromatic rings. The number of hydrazine groups is 1. The maximum Gasteiger partial charge on any atom is 0.262 e. The van der Waals surface area contributed by atoms with E-state index in [2.05, 4.69) is 10.9 Å². The van der Waals surface area contributed by atoms with Gasteiger partial charge in [-0.1, -0.05) is 17.7 Å². The van der Waals surface area contributed by atoms with E-state index in [-0.39, 0.29) is 28.9 Å². The van der Waals surface area contributed by atoms with Crippen LogP contribution in [0.15, 0.2) is 24.3 Å². The molecule has 2 rings (SSSR count). The van der Waals surface area contributed by atoms with Crippen LogP contribution in [0.25, 0.3) is 6.08 Å². The van der Waals surface area contributed by atoms with Gasteiger partial charge in [-0.15, -0.1) is 0 Å². The van der Waals surface area contributed by atoms with Crippen LogP contribution >= 0.6 is 11.6 Å². The second kappa shape index (κ2) is 7.76. The van der Waals surface area contributed by atoms with E-state index < -0.39 is 27.5 Å². The van der Waals surface area contributed by atoms with Crippen molar-refractivity contribution in [2.24, 2.45) is 5.92 Å². The van der Waals surface area contributed by atoms with E-state index in [0.717, 1.165) is 6.08 Å². The van der Waals surface area contributed by atoms with Gasteiger partial charge in [0.25, 0.3) is 5.91 Å². The Morgan fingerprint density at radius 1 is 1.33 bits per heavy atom. The Bertz CT molecular complexity index is 780. The molecule has 0 unspecified atom stereocenters. The molecule has 1 heterocycles. The third-order valence-corrected chi connectivity index (χ3v) is 5.62. The smallest absolute Gasteiger partial charge is 0.262 e. The van der Waals surface area contributed by atoms with E-state index in [0.29, 0.717) is 12.0 Å². The van der Waals surface area contributed by atoms with Crippen molar-refractivity contribution in [3.05, 3.63) is 40.7 Å². The van der Waals surface area contributed by atoms with Crippen molar-refractivity contribution in [1.29, 1.82) is 0 Å². The number of benzene rings is 1. The summed E-state index contributed by atoms with van der Waals surface area (Å²) in [6, 6.07) is 3.99. The van der Waals surface area contributed by atoms with Gasteiger partial charge in [-0.25, -0.2) is 12.8 Å². The molecule has 0 spiro atoms. The number of carbonyl (C=O) groups excluding carboxylic acids is 2. The van der Waals surface area contributed by atoms with Crippen molar-refractivity contribution in [2.75, 3.05) is 11.5 Å². The van der Waals surface area contributed by atoms with E-state index in [1.807, 2.05) is 0 Å². The zero-order valence-corrected chi connectivity index (χ0v) is 14.2. The lowest BCUT2D eigenvalue weighted by atomic mass is 10.1. The summed E-state index contributed by atoms with van der Waals surface area (Å²) in [6.45, 7) is 0. The predicted octanol–water partition coefficient (Wildman–Crippen LogP) is 1.46. The lowest BCUT2D eigenvalue weighted by Gasteiger charge is -2.08. The molecule has 0 aromatic heterocycles. The zero-order valence-electron chi connectivity index (χ0n) is 12.6. The van der Waals surface area contributed by atoms with Crippen LogP contribution in [0.5, 0.6) is 0 Å². The van der Waals surface area contributed by atoms with Crippen molar-refractivity contribution in [1.82, 2.24) is 10.9 Å². The van der Waals surface area contributed by atoms with Crippen LogP contribution in [0.4, 0.5) is 4.39 Å². The molecule has 9 heteroatoms. The SMILES string of the molecule is O=C(/C=C/c1ccc(F)c(Cl)c1)NNC(=O)C[C@@H]1CCS(=O)(=O)C1. The first-order valence-corrected chi connectivity index (χ1v) is 9.37. The van der Waals surface area contributed by atoms with E-state index in [9.17, 15) is 22.4 Å². The van der Waals surface area contributed by atoms with Crippen LogP contribution in [0.2, 0.25) is 5.02 Å². The van der Waals surface area contributed by atoms with Crippen molar-refractivity contribution in [3.8, 4) is 0 Å². The lowest BCUT2D eigenvalue weighted by Crippen LogP contribution is -2.41. The summed E-state index contributed by atoms with van der Waals surface area (Å²) in [7, 11) is -3.03. The van der Waals surface area contributed by atoms with Crippen LogP contribution in [0, 0.1) is 11.7 Å². The van der Waals surface area contributed by atoms with E-state index in [1.54, 1.807) is 0 Å². The summed E-state index contributed by atoms with van der Waals surface area (Å²) in [5.74, 6) is -1.71. The summed E-state index contributed by atoms with van der Waals surface area (Å²) < 4.78 is 35.6. The summed E-state index contributed by atoms with van der Waals surface area (Å²) in [4.78, 5) is 23.3. The fourth-order valence-electron chi connectivity index (χ4n) is 2.31. The zero-order chi connectivity index (χ0) is 17.7. The number of amides is 2. The fourth-order valence-corrected chi connectivity index (χ4v) is 4.36. The van der Waals surface area contributed by atoms with Crippen molar-refractivity contribution in [2.45, 2.75) is 12.8 Å². The molecule has 0 radical (unpaired) electrons. The summed E-state index contributed by atoms with van der Waals surface area (Å²) in [5, 5.41) is -0.0580. The van der Waals surface area contributed by atoms with Gasteiger partial charge in [0.2, 0.25) is 5.91 Å². The minimum atomic E-state index is -3.03. The second-order valence-electron chi connectivity index (χ2n) is 5.52. The molecule has 24 heavy (non-hydrogen) atoms. The molecule has 1 aliphatic heterocycles. The van der Waals surface area contributed by atoms with Crippen molar-refractivity contribution >= 4 is 39.3 Å². The first-order chi connectivity index (χ1) is 11.2. The predicted molar refractivity (Wildman–Crippen MR) is 88.1 cm³/mol. The molecule has 1 fully saturated rings. The highest BCUT2D eigenvalue weighted by Gasteiger charge is 2.29. The third-order valence-electron chi connectivity index (χ3n) is 3.50. The molecular weight excluding hydrogens is 359 g/mol. The number of carbonyl (C=O) groups is 2. The molecule has 130 valence electrons. The third kappa shape index (κ3) is 5.61. The minimum Gasteiger partial charge on any atom is -0.273 e. The molecule has 1 saturated heterocycles. The van der Waals surface area contributed by atoms with Crippen LogP contribution < -0.4 is 10.9 Å². The standard InChI is InChI=1S/C15H16ClFN2O4S/c16-12-7-10(1-3-13(12)17)2-4-14(20)18-19-15(21)8-11-5-6-24(22,23)9-11/h1-4,7,11H,5-6,8-9H2,(H,18,20)(H,19,21)/b4-2+/t11-/m0/s1. The molecule has 0 aliphatic carbocycles. The summed E-state index contributed by atoms with van der Waals surface area (Å²) in [6.07, 6.45) is 3.06. The average Bonchev–Trinajstić information content (AvgIpc) is 2.85. The molecule has 1 aromatic carbocycles. The quantitative estimate of drug-likeness (QED) is 0.616. The van der Waals surface area contributed by atoms with E-state index in [4.69, 9.17) is 11.6 Å². The van der Waals surface area contributed by atoms with Crippen LogP contribution in [-0.2, 0) is 19.4 Å². The Kier molecular flexibility index (Phi) is 5.95. The monoisotopic (exact) mass is 374 g/mol. The van der Waals surface area contributed by atoms with Gasteiger partial charge in [0.1, 0.15) is 5.82 Å². The first-order valence-electron chi connectivity index (χ1n) is 7.17. The Morgan fingerprint density at radius 2 is 2.08 bits per heavy atom. The molecule has 6 nitrogen and oxygen atoms in total. The van der Waals surface area contributed by atoms with Gasteiger partial charge < -0.3 is 0 Å². The molecule has 1 aliphatic rings. The highest BCUT2D eigenvalue weighted by atomic mass is 35.5. The molecule has 2 N–H and O–H groups in total. The van der Waals surface area contributed by atoms with Crippen LogP contribution in [0.1, 0.15) is 18.4 Å². The first kappa shape index (κ1) is 18.4. The maximum atomic E-state index is 13.0. The average molecular weight is 375 g/mol. The second-order valence-corrected chi connectivity index (χ2v) is 8.15. The van der Waals surface area contributed by atoms with Crippen LogP contribution in [-0.4, -0.2) is 31.7 Å². The number of hydrogen-bond acceptors (Lipinski definition) is 4. The number of rotatable bonds is 4. The van der Waals surface area contributed by atoms with Crippen LogP contribution in [0.3, 0.4) is 0 Å². The Hall–Kier alpha value is -1.93. The largest absolute Gasteiger partial charge is 0.273 e. The summed E-state index contributed by atoms with van der Waals surface area (Å²) in [5.41, 5.74) is 4.94. The molecular formula is C15H16ClFN2O4S. The fraction of sp³-hybridized carbons (Fsp3) is 0.333. The molecule has 0 saturated carbocycles. The number of nitrogens with one attached hydrogen (secondary N) is 2. The molecule has 2 amide bonds. The highest BCUT2D eigenvalue weighted by molar-refractivity contribution is 7.91. The normalized spacial score (nSPS) is 19.3. The minimum absolute atomic E-state index is 0.000401. The van der Waals surface area contributed by atoms with E-state index >= 15 is 0 Å². The topological polar surface area (TPSA) is 92.3 Å². The Balaban J connectivity index is 1.77. The number of halogens is 2. The lowest BCUT2D eigenvalue weighted by molar-refractivity contribution is -0.127. The number of sulfone groups is 1. The maximum absolute atomic E-state index is 13.0. The Labute approximate surface area is 144 Å². The number of hydrogen-bond donors (Lipinski definition) is 2. The highest BCUT2D eigenvalue weighted by Crippen LogP contribution is 2.21. The van der Waals surface area contributed by atoms with Crippen molar-refractivity contribution in [3.63, 3.8) is 0 Å². The van der Waals surface area contributed by atoms with Gasteiger partial charge in [0, 0.05) is 12.5 Å². The van der Waals surface area contributed by atoms with Gasteiger partial charge in [-0.3, -0.25) is 20.4 Å². The van der Waals surface area contributed by atoms with Crippen molar-refractivity contribution < 1.29 is 22.4 Å². The van der Waals surface area contributed by atoms with Gasteiger partial charge in [0.15, 0.2) is 9.84 Å². The molecule has 0 bridgehead atoms. The molecule has 1 atom stereocenters. The van der Waals surface area contributed by atoms with Gasteiger partial charge in [0.05, 0.1) is 16.5 Å². The van der Waals surface area contributed by atoms with E-state index in [1.165, 1.54) is 24.3 Å². The summed E-state index contributed by atoms with van der Waals surface area (Å²) >= 11 is 5.62. The van der Waals surface area contributed by atoms with Gasteiger partial charge in [-0.05, 0) is 36.1 Å².